The fourth-order valence-corrected chi connectivity index (χ4v) is 2.64. The molecule has 0 fully saturated rings. The molecule has 0 unspecified atom stereocenters. The summed E-state index contributed by atoms with van der Waals surface area (Å²) in [5, 5.41) is 0.581. The topological polar surface area (TPSA) is 43.4 Å². The van der Waals surface area contributed by atoms with Crippen LogP contribution in [0, 0.1) is 0 Å². The van der Waals surface area contributed by atoms with Crippen LogP contribution in [0.4, 0.5) is 0 Å². The average Bonchev–Trinajstić information content (AvgIpc) is 2.73. The van der Waals surface area contributed by atoms with Crippen LogP contribution in [-0.2, 0) is 4.79 Å². The Morgan fingerprint density at radius 1 is 0.750 bits per heavy atom. The highest BCUT2D eigenvalue weighted by Crippen LogP contribution is 2.18. The summed E-state index contributed by atoms with van der Waals surface area (Å²) in [5.74, 6) is -0.280. The Balaban J connectivity index is 1.60. The lowest BCUT2D eigenvalue weighted by atomic mass is 10.1. The normalized spacial score (nSPS) is 11.0. The maximum Gasteiger partial charge on any atom is 0.336 e. The predicted molar refractivity (Wildman–Crippen MR) is 112 cm³/mol. The zero-order valence-corrected chi connectivity index (χ0v) is 15.7. The van der Waals surface area contributed by atoms with Gasteiger partial charge in [-0.2, -0.15) is 0 Å². The van der Waals surface area contributed by atoms with Crippen molar-refractivity contribution in [1.82, 2.24) is 0 Å². The highest BCUT2D eigenvalue weighted by molar-refractivity contribution is 6.32. The van der Waals surface area contributed by atoms with Crippen molar-refractivity contribution in [3.05, 3.63) is 113 Å². The highest BCUT2D eigenvalue weighted by atomic mass is 35.5. The van der Waals surface area contributed by atoms with Gasteiger partial charge in [-0.25, -0.2) is 4.79 Å². The first-order valence-corrected chi connectivity index (χ1v) is 9.01. The molecule has 4 heteroatoms. The summed E-state index contributed by atoms with van der Waals surface area (Å²) in [6, 6.07) is 23.1. The molecule has 3 rings (SSSR count). The summed E-state index contributed by atoms with van der Waals surface area (Å²) in [5.41, 5.74) is 2.17. The molecule has 0 heterocycles. The number of carbonyl (C=O) groups is 2. The summed E-state index contributed by atoms with van der Waals surface area (Å²) in [4.78, 5) is 24.2. The van der Waals surface area contributed by atoms with Gasteiger partial charge in [0, 0.05) is 16.7 Å². The Hall–Kier alpha value is -3.43. The first kappa shape index (κ1) is 19.3. The molecular weight excluding hydrogens is 372 g/mol. The van der Waals surface area contributed by atoms with Gasteiger partial charge >= 0.3 is 5.97 Å². The van der Waals surface area contributed by atoms with Crippen molar-refractivity contribution in [1.29, 1.82) is 0 Å². The van der Waals surface area contributed by atoms with Gasteiger partial charge in [-0.15, -0.1) is 0 Å². The largest absolute Gasteiger partial charge is 0.423 e. The van der Waals surface area contributed by atoms with Gasteiger partial charge in [0.1, 0.15) is 5.75 Å². The molecule has 0 amide bonds. The monoisotopic (exact) mass is 388 g/mol. The van der Waals surface area contributed by atoms with Gasteiger partial charge in [0.25, 0.3) is 0 Å². The van der Waals surface area contributed by atoms with Crippen molar-refractivity contribution in [3.8, 4) is 5.75 Å². The van der Waals surface area contributed by atoms with Crippen LogP contribution in [0.25, 0.3) is 12.2 Å². The van der Waals surface area contributed by atoms with E-state index in [4.69, 9.17) is 16.3 Å². The van der Waals surface area contributed by atoms with Gasteiger partial charge in [-0.05, 0) is 59.7 Å². The van der Waals surface area contributed by atoms with Crippen molar-refractivity contribution >= 4 is 35.5 Å². The molecule has 0 bridgehead atoms. The Morgan fingerprint density at radius 2 is 1.43 bits per heavy atom. The van der Waals surface area contributed by atoms with Crippen LogP contribution < -0.4 is 4.74 Å². The third-order valence-electron chi connectivity index (χ3n) is 3.89. The molecular formula is C24H17ClO3. The molecule has 0 spiro atoms. The van der Waals surface area contributed by atoms with Crippen LogP contribution in [0.2, 0.25) is 5.02 Å². The zero-order valence-electron chi connectivity index (χ0n) is 14.9. The number of benzene rings is 3. The number of ether oxygens (including phenoxy) is 1. The van der Waals surface area contributed by atoms with E-state index in [1.54, 1.807) is 42.5 Å². The van der Waals surface area contributed by atoms with Crippen molar-refractivity contribution < 1.29 is 14.3 Å². The molecule has 0 aromatic heterocycles. The van der Waals surface area contributed by atoms with E-state index in [9.17, 15) is 9.59 Å². The fourth-order valence-electron chi connectivity index (χ4n) is 2.44. The number of hydrogen-bond donors (Lipinski definition) is 0. The van der Waals surface area contributed by atoms with E-state index in [0.717, 1.165) is 11.1 Å². The van der Waals surface area contributed by atoms with Crippen molar-refractivity contribution in [3.63, 3.8) is 0 Å². The SMILES string of the molecule is O=C(/C=C/c1ccccc1)Oc1ccc(C(=O)/C=C/c2ccccc2Cl)cc1. The number of ketones is 1. The molecule has 3 aromatic rings. The standard InChI is InChI=1S/C24H17ClO3/c25-22-9-5-4-8-19(22)13-16-23(26)20-11-14-21(15-12-20)28-24(27)17-10-18-6-2-1-3-7-18/h1-17H/b16-13+,17-10+. The van der Waals surface area contributed by atoms with E-state index >= 15 is 0 Å². The van der Waals surface area contributed by atoms with Gasteiger partial charge < -0.3 is 4.74 Å². The second-order valence-electron chi connectivity index (χ2n) is 5.91. The minimum Gasteiger partial charge on any atom is -0.423 e. The third-order valence-corrected chi connectivity index (χ3v) is 4.23. The second-order valence-corrected chi connectivity index (χ2v) is 6.32. The van der Waals surface area contributed by atoms with E-state index in [2.05, 4.69) is 0 Å². The van der Waals surface area contributed by atoms with E-state index in [1.807, 2.05) is 48.5 Å². The molecule has 3 nitrogen and oxygen atoms in total. The van der Waals surface area contributed by atoms with E-state index in [-0.39, 0.29) is 5.78 Å². The van der Waals surface area contributed by atoms with Gasteiger partial charge in [0.2, 0.25) is 0 Å². The van der Waals surface area contributed by atoms with Crippen LogP contribution in [0.5, 0.6) is 5.75 Å². The molecule has 28 heavy (non-hydrogen) atoms. The molecule has 0 N–H and O–H groups in total. The minimum atomic E-state index is -0.485. The predicted octanol–water partition coefficient (Wildman–Crippen LogP) is 5.85. The molecule has 138 valence electrons. The quantitative estimate of drug-likeness (QED) is 0.230. The van der Waals surface area contributed by atoms with Gasteiger partial charge in [0.15, 0.2) is 5.78 Å². The highest BCUT2D eigenvalue weighted by Gasteiger charge is 2.05. The molecule has 0 saturated heterocycles. The van der Waals surface area contributed by atoms with Crippen molar-refractivity contribution in [2.75, 3.05) is 0 Å². The Labute approximate surface area is 168 Å². The van der Waals surface area contributed by atoms with Crippen molar-refractivity contribution in [2.24, 2.45) is 0 Å². The Morgan fingerprint density at radius 3 is 2.14 bits per heavy atom. The molecule has 0 atom stereocenters. The fraction of sp³-hybridized carbons (Fsp3) is 0. The number of allylic oxidation sites excluding steroid dienone is 1. The van der Waals surface area contributed by atoms with E-state index < -0.39 is 5.97 Å². The first-order valence-electron chi connectivity index (χ1n) is 8.64. The molecule has 0 aliphatic rings. The lowest BCUT2D eigenvalue weighted by molar-refractivity contribution is -0.128. The van der Waals surface area contributed by atoms with Crippen LogP contribution in [0.15, 0.2) is 91.0 Å². The van der Waals surface area contributed by atoms with Crippen LogP contribution in [0.1, 0.15) is 21.5 Å². The Kier molecular flexibility index (Phi) is 6.55. The summed E-state index contributed by atoms with van der Waals surface area (Å²) in [7, 11) is 0. The number of carbonyl (C=O) groups excluding carboxylic acids is 2. The van der Waals surface area contributed by atoms with E-state index in [0.29, 0.717) is 16.3 Å². The van der Waals surface area contributed by atoms with E-state index in [1.165, 1.54) is 12.2 Å². The smallest absolute Gasteiger partial charge is 0.336 e. The van der Waals surface area contributed by atoms with Gasteiger partial charge in [-0.3, -0.25) is 4.79 Å². The molecule has 0 radical (unpaired) electrons. The summed E-state index contributed by atoms with van der Waals surface area (Å²) < 4.78 is 5.24. The van der Waals surface area contributed by atoms with Crippen LogP contribution in [-0.4, -0.2) is 11.8 Å². The Bertz CT molecular complexity index is 1020. The first-order chi connectivity index (χ1) is 13.6. The lowest BCUT2D eigenvalue weighted by Gasteiger charge is -2.02. The number of hydrogen-bond acceptors (Lipinski definition) is 3. The number of rotatable bonds is 6. The summed E-state index contributed by atoms with van der Waals surface area (Å²) >= 11 is 6.07. The minimum absolute atomic E-state index is 0.165. The maximum atomic E-state index is 12.3. The third kappa shape index (κ3) is 5.53. The summed E-state index contributed by atoms with van der Waals surface area (Å²) in [6.07, 6.45) is 6.18. The zero-order chi connectivity index (χ0) is 19.8. The number of halogens is 1. The van der Waals surface area contributed by atoms with Crippen LogP contribution in [0.3, 0.4) is 0 Å². The number of esters is 1. The lowest BCUT2D eigenvalue weighted by Crippen LogP contribution is -2.04. The molecule has 0 aliphatic carbocycles. The second kappa shape index (κ2) is 9.49. The van der Waals surface area contributed by atoms with Gasteiger partial charge in [0.05, 0.1) is 0 Å². The molecule has 0 aliphatic heterocycles. The van der Waals surface area contributed by atoms with Crippen LogP contribution >= 0.6 is 11.6 Å². The summed E-state index contributed by atoms with van der Waals surface area (Å²) in [6.45, 7) is 0. The maximum absolute atomic E-state index is 12.3. The average molecular weight is 389 g/mol. The van der Waals surface area contributed by atoms with Gasteiger partial charge in [-0.1, -0.05) is 60.1 Å². The molecule has 3 aromatic carbocycles. The molecule has 0 saturated carbocycles. The van der Waals surface area contributed by atoms with Crippen molar-refractivity contribution in [2.45, 2.75) is 0 Å².